The summed E-state index contributed by atoms with van der Waals surface area (Å²) in [6.07, 6.45) is 2.00. The van der Waals surface area contributed by atoms with Gasteiger partial charge in [-0.25, -0.2) is 4.68 Å². The van der Waals surface area contributed by atoms with E-state index in [0.717, 1.165) is 31.8 Å². The highest BCUT2D eigenvalue weighted by atomic mass is 35.5. The van der Waals surface area contributed by atoms with Gasteiger partial charge in [0, 0.05) is 18.0 Å². The zero-order valence-corrected chi connectivity index (χ0v) is 14.2. The number of aryl methyl sites for hydroxylation is 1. The SMILES string of the molecule is Cn1nc(C2CCNCC2)nc1NC(=O)c1ccc(Cl)cc1Cl. The number of nitrogens with zero attached hydrogens (tertiary/aromatic N) is 3. The van der Waals surface area contributed by atoms with Crippen LogP contribution in [0.15, 0.2) is 18.2 Å². The van der Waals surface area contributed by atoms with Crippen molar-refractivity contribution in [3.8, 4) is 0 Å². The lowest BCUT2D eigenvalue weighted by molar-refractivity contribution is 0.102. The quantitative estimate of drug-likeness (QED) is 0.889. The van der Waals surface area contributed by atoms with E-state index in [4.69, 9.17) is 23.2 Å². The van der Waals surface area contributed by atoms with E-state index in [-0.39, 0.29) is 5.91 Å². The first-order valence-corrected chi connectivity index (χ1v) is 8.18. The Balaban J connectivity index is 1.77. The second-order valence-corrected chi connectivity index (χ2v) is 6.36. The lowest BCUT2D eigenvalue weighted by Gasteiger charge is -2.19. The number of amides is 1. The first-order valence-electron chi connectivity index (χ1n) is 7.42. The molecule has 0 bridgehead atoms. The Labute approximate surface area is 144 Å². The summed E-state index contributed by atoms with van der Waals surface area (Å²) in [5.41, 5.74) is 0.350. The van der Waals surface area contributed by atoms with E-state index >= 15 is 0 Å². The third-order valence-corrected chi connectivity index (χ3v) is 4.43. The maximum Gasteiger partial charge on any atom is 0.259 e. The van der Waals surface area contributed by atoms with Crippen LogP contribution in [0.3, 0.4) is 0 Å². The van der Waals surface area contributed by atoms with Crippen LogP contribution in [-0.4, -0.2) is 33.8 Å². The summed E-state index contributed by atoms with van der Waals surface area (Å²) in [4.78, 5) is 16.8. The second-order valence-electron chi connectivity index (χ2n) is 5.52. The van der Waals surface area contributed by atoms with E-state index < -0.39 is 0 Å². The van der Waals surface area contributed by atoms with Crippen LogP contribution in [0.25, 0.3) is 0 Å². The highest BCUT2D eigenvalue weighted by molar-refractivity contribution is 6.37. The first kappa shape index (κ1) is 16.2. The molecule has 0 unspecified atom stereocenters. The summed E-state index contributed by atoms with van der Waals surface area (Å²) in [6, 6.07) is 4.75. The summed E-state index contributed by atoms with van der Waals surface area (Å²) in [5.74, 6) is 1.17. The van der Waals surface area contributed by atoms with Crippen molar-refractivity contribution in [2.75, 3.05) is 18.4 Å². The average molecular weight is 354 g/mol. The molecule has 122 valence electrons. The second kappa shape index (κ2) is 6.86. The molecule has 0 radical (unpaired) electrons. The van der Waals surface area contributed by atoms with Crippen molar-refractivity contribution >= 4 is 35.1 Å². The molecule has 1 amide bonds. The van der Waals surface area contributed by atoms with Gasteiger partial charge in [0.25, 0.3) is 5.91 Å². The van der Waals surface area contributed by atoms with Crippen molar-refractivity contribution in [1.82, 2.24) is 20.1 Å². The number of anilines is 1. The van der Waals surface area contributed by atoms with Crippen molar-refractivity contribution < 1.29 is 4.79 Å². The molecule has 1 fully saturated rings. The number of carbonyl (C=O) groups excluding carboxylic acids is 1. The Morgan fingerprint density at radius 2 is 2.09 bits per heavy atom. The zero-order valence-electron chi connectivity index (χ0n) is 12.6. The molecular weight excluding hydrogens is 337 g/mol. The van der Waals surface area contributed by atoms with E-state index in [2.05, 4.69) is 20.7 Å². The van der Waals surface area contributed by atoms with Crippen LogP contribution in [0.5, 0.6) is 0 Å². The van der Waals surface area contributed by atoms with Crippen molar-refractivity contribution in [2.45, 2.75) is 18.8 Å². The molecule has 1 aromatic heterocycles. The van der Waals surface area contributed by atoms with E-state index in [9.17, 15) is 4.79 Å². The van der Waals surface area contributed by atoms with Gasteiger partial charge in [-0.3, -0.25) is 10.1 Å². The molecule has 0 saturated carbocycles. The third kappa shape index (κ3) is 3.65. The van der Waals surface area contributed by atoms with Crippen molar-refractivity contribution in [3.63, 3.8) is 0 Å². The molecule has 3 rings (SSSR count). The number of rotatable bonds is 3. The summed E-state index contributed by atoms with van der Waals surface area (Å²) < 4.78 is 1.58. The smallest absolute Gasteiger partial charge is 0.259 e. The molecule has 1 aromatic carbocycles. The summed E-state index contributed by atoms with van der Waals surface area (Å²) in [7, 11) is 1.76. The number of nitrogens with one attached hydrogen (secondary N) is 2. The summed E-state index contributed by atoms with van der Waals surface area (Å²) in [6.45, 7) is 1.93. The van der Waals surface area contributed by atoms with Crippen LogP contribution in [-0.2, 0) is 7.05 Å². The van der Waals surface area contributed by atoms with Gasteiger partial charge in [0.05, 0.1) is 10.6 Å². The van der Waals surface area contributed by atoms with Gasteiger partial charge in [-0.1, -0.05) is 23.2 Å². The maximum atomic E-state index is 12.4. The van der Waals surface area contributed by atoms with E-state index in [1.165, 1.54) is 6.07 Å². The predicted octanol–water partition coefficient (Wildman–Crippen LogP) is 2.84. The number of aromatic nitrogens is 3. The van der Waals surface area contributed by atoms with Crippen LogP contribution in [0.4, 0.5) is 5.95 Å². The Morgan fingerprint density at radius 3 is 2.78 bits per heavy atom. The van der Waals surface area contributed by atoms with Gasteiger partial charge in [0.2, 0.25) is 5.95 Å². The van der Waals surface area contributed by atoms with Gasteiger partial charge < -0.3 is 5.32 Å². The first-order chi connectivity index (χ1) is 11.0. The highest BCUT2D eigenvalue weighted by Crippen LogP contribution is 2.24. The molecule has 0 atom stereocenters. The number of carbonyl (C=O) groups is 1. The Hall–Kier alpha value is -1.63. The minimum absolute atomic E-state index is 0.302. The van der Waals surface area contributed by atoms with Crippen LogP contribution in [0, 0.1) is 0 Å². The number of hydrogen-bond donors (Lipinski definition) is 2. The predicted molar refractivity (Wildman–Crippen MR) is 90.3 cm³/mol. The molecule has 2 heterocycles. The average Bonchev–Trinajstić information content (AvgIpc) is 2.89. The molecule has 23 heavy (non-hydrogen) atoms. The van der Waals surface area contributed by atoms with Crippen LogP contribution in [0.2, 0.25) is 10.0 Å². The standard InChI is InChI=1S/C15H17Cl2N5O/c1-22-15(19-13(21-22)9-4-6-18-7-5-9)20-14(23)11-3-2-10(16)8-12(11)17/h2-3,8-9,18H,4-7H2,1H3,(H,19,20,21,23). The van der Waals surface area contributed by atoms with E-state index in [0.29, 0.717) is 27.5 Å². The maximum absolute atomic E-state index is 12.4. The number of benzene rings is 1. The van der Waals surface area contributed by atoms with Crippen LogP contribution >= 0.6 is 23.2 Å². The molecule has 1 aliphatic heterocycles. The fraction of sp³-hybridized carbons (Fsp3) is 0.400. The normalized spacial score (nSPS) is 15.6. The molecule has 8 heteroatoms. The summed E-state index contributed by atoms with van der Waals surface area (Å²) >= 11 is 11.9. The molecule has 0 aliphatic carbocycles. The number of halogens is 2. The largest absolute Gasteiger partial charge is 0.317 e. The van der Waals surface area contributed by atoms with Crippen molar-refractivity contribution in [3.05, 3.63) is 39.6 Å². The lowest BCUT2D eigenvalue weighted by atomic mass is 9.98. The molecule has 0 spiro atoms. The van der Waals surface area contributed by atoms with E-state index in [1.54, 1.807) is 23.9 Å². The Bertz CT molecular complexity index is 725. The molecule has 1 aliphatic rings. The molecular formula is C15H17Cl2N5O. The third-order valence-electron chi connectivity index (χ3n) is 3.88. The van der Waals surface area contributed by atoms with E-state index in [1.807, 2.05) is 0 Å². The van der Waals surface area contributed by atoms with Crippen LogP contribution in [0.1, 0.15) is 34.9 Å². The van der Waals surface area contributed by atoms with Crippen LogP contribution < -0.4 is 10.6 Å². The topological polar surface area (TPSA) is 71.8 Å². The fourth-order valence-electron chi connectivity index (χ4n) is 2.61. The number of hydrogen-bond acceptors (Lipinski definition) is 4. The molecule has 2 N–H and O–H groups in total. The summed E-state index contributed by atoms with van der Waals surface area (Å²) in [5, 5.41) is 11.3. The van der Waals surface area contributed by atoms with Gasteiger partial charge in [-0.05, 0) is 44.1 Å². The van der Waals surface area contributed by atoms with Crippen molar-refractivity contribution in [2.24, 2.45) is 7.05 Å². The molecule has 6 nitrogen and oxygen atoms in total. The monoisotopic (exact) mass is 353 g/mol. The molecule has 1 saturated heterocycles. The molecule has 2 aromatic rings. The fourth-order valence-corrected chi connectivity index (χ4v) is 3.10. The number of piperidine rings is 1. The van der Waals surface area contributed by atoms with Gasteiger partial charge >= 0.3 is 0 Å². The highest BCUT2D eigenvalue weighted by Gasteiger charge is 2.22. The van der Waals surface area contributed by atoms with Gasteiger partial charge in [0.1, 0.15) is 0 Å². The minimum Gasteiger partial charge on any atom is -0.317 e. The van der Waals surface area contributed by atoms with Gasteiger partial charge in [-0.2, -0.15) is 10.1 Å². The minimum atomic E-state index is -0.334. The Morgan fingerprint density at radius 1 is 1.35 bits per heavy atom. The van der Waals surface area contributed by atoms with Crippen molar-refractivity contribution in [1.29, 1.82) is 0 Å². The van der Waals surface area contributed by atoms with Gasteiger partial charge in [-0.15, -0.1) is 0 Å². The van der Waals surface area contributed by atoms with Gasteiger partial charge in [0.15, 0.2) is 5.82 Å². The zero-order chi connectivity index (χ0) is 16.4. The Kier molecular flexibility index (Phi) is 4.84. The lowest BCUT2D eigenvalue weighted by Crippen LogP contribution is -2.27.